The molecule has 0 aromatic carbocycles. The van der Waals surface area contributed by atoms with E-state index in [4.69, 9.17) is 4.74 Å². The van der Waals surface area contributed by atoms with E-state index in [1.807, 2.05) is 24.3 Å². The molecule has 1 aliphatic heterocycles. The molecule has 2 aliphatic rings. The minimum atomic E-state index is -0.175. The number of hydrogen-bond acceptors (Lipinski definition) is 3. The predicted molar refractivity (Wildman–Crippen MR) is 71.5 cm³/mol. The number of nitrogens with zero attached hydrogens (tertiary/aromatic N) is 1. The fourth-order valence-corrected chi connectivity index (χ4v) is 2.74. The molecule has 0 unspecified atom stereocenters. The Balaban J connectivity index is 1.98. The van der Waals surface area contributed by atoms with E-state index in [-0.39, 0.29) is 5.97 Å². The lowest BCUT2D eigenvalue weighted by Crippen LogP contribution is -2.01. The zero-order valence-corrected chi connectivity index (χ0v) is 11.4. The van der Waals surface area contributed by atoms with Crippen molar-refractivity contribution in [3.05, 3.63) is 45.4 Å². The smallest absolute Gasteiger partial charge is 0.339 e. The highest BCUT2D eigenvalue weighted by atomic mass is 79.9. The quantitative estimate of drug-likeness (QED) is 0.588. The number of allylic oxidation sites excluding steroid dienone is 1. The van der Waals surface area contributed by atoms with Gasteiger partial charge in [-0.25, -0.2) is 9.78 Å². The van der Waals surface area contributed by atoms with Gasteiger partial charge in [-0.1, -0.05) is 6.07 Å². The Morgan fingerprint density at radius 2 is 2.00 bits per heavy atom. The molecule has 0 radical (unpaired) electrons. The van der Waals surface area contributed by atoms with Crippen LogP contribution in [0.1, 0.15) is 31.4 Å². The minimum Gasteiger partial charge on any atom is -0.423 e. The molecule has 0 fully saturated rings. The first kappa shape index (κ1) is 11.7. The number of carbonyl (C=O) groups excluding carboxylic acids is 1. The van der Waals surface area contributed by atoms with Gasteiger partial charge in [0.1, 0.15) is 10.4 Å². The Kier molecular flexibility index (Phi) is 3.04. The first-order valence-corrected chi connectivity index (χ1v) is 6.82. The number of aromatic nitrogens is 1. The molecule has 0 saturated heterocycles. The molecule has 18 heavy (non-hydrogen) atoms. The number of pyridine rings is 1. The summed E-state index contributed by atoms with van der Waals surface area (Å²) in [5.41, 5.74) is 2.74. The molecule has 0 N–H and O–H groups in total. The Labute approximate surface area is 114 Å². The van der Waals surface area contributed by atoms with E-state index in [2.05, 4.69) is 20.9 Å². The van der Waals surface area contributed by atoms with E-state index in [0.29, 0.717) is 5.76 Å². The standard InChI is InChI=1S/C14H12BrNO2/c15-13-7-3-4-9(16-13)8-12-10-5-1-2-6-11(10)14(17)18-12/h3-4,7-8H,1-2,5-6H2. The third-order valence-corrected chi connectivity index (χ3v) is 3.67. The Morgan fingerprint density at radius 1 is 1.22 bits per heavy atom. The molecule has 0 saturated carbocycles. The molecule has 0 atom stereocenters. The lowest BCUT2D eigenvalue weighted by Gasteiger charge is -2.10. The summed E-state index contributed by atoms with van der Waals surface area (Å²) in [6.45, 7) is 0. The Bertz CT molecular complexity index is 575. The van der Waals surface area contributed by atoms with E-state index >= 15 is 0 Å². The van der Waals surface area contributed by atoms with Gasteiger partial charge in [-0.15, -0.1) is 0 Å². The van der Waals surface area contributed by atoms with Crippen LogP contribution in [0.3, 0.4) is 0 Å². The molecule has 1 aliphatic carbocycles. The van der Waals surface area contributed by atoms with Crippen molar-refractivity contribution in [1.82, 2.24) is 4.98 Å². The molecule has 0 bridgehead atoms. The zero-order chi connectivity index (χ0) is 12.5. The number of halogens is 1. The second-order valence-electron chi connectivity index (χ2n) is 4.45. The van der Waals surface area contributed by atoms with Crippen molar-refractivity contribution in [2.75, 3.05) is 0 Å². The van der Waals surface area contributed by atoms with Gasteiger partial charge in [0.2, 0.25) is 0 Å². The summed E-state index contributed by atoms with van der Waals surface area (Å²) in [6, 6.07) is 5.68. The van der Waals surface area contributed by atoms with Crippen molar-refractivity contribution in [2.24, 2.45) is 0 Å². The number of esters is 1. The summed E-state index contributed by atoms with van der Waals surface area (Å²) in [4.78, 5) is 16.1. The third-order valence-electron chi connectivity index (χ3n) is 3.23. The van der Waals surface area contributed by atoms with E-state index in [9.17, 15) is 4.79 Å². The molecular formula is C14H12BrNO2. The molecule has 4 heteroatoms. The fraction of sp³-hybridized carbons (Fsp3) is 0.286. The van der Waals surface area contributed by atoms with Gasteiger partial charge in [-0.05, 0) is 53.7 Å². The summed E-state index contributed by atoms with van der Waals surface area (Å²) in [7, 11) is 0. The van der Waals surface area contributed by atoms with Gasteiger partial charge in [0.05, 0.1) is 5.69 Å². The van der Waals surface area contributed by atoms with E-state index in [1.54, 1.807) is 0 Å². The van der Waals surface area contributed by atoms with Crippen molar-refractivity contribution in [1.29, 1.82) is 0 Å². The van der Waals surface area contributed by atoms with Crippen LogP contribution < -0.4 is 0 Å². The van der Waals surface area contributed by atoms with Crippen molar-refractivity contribution in [2.45, 2.75) is 25.7 Å². The Hall–Kier alpha value is -1.42. The highest BCUT2D eigenvalue weighted by Crippen LogP contribution is 2.37. The maximum Gasteiger partial charge on any atom is 0.339 e. The van der Waals surface area contributed by atoms with E-state index in [0.717, 1.165) is 47.1 Å². The fourth-order valence-electron chi connectivity index (χ4n) is 2.38. The number of rotatable bonds is 1. The summed E-state index contributed by atoms with van der Waals surface area (Å²) >= 11 is 3.33. The number of hydrogen-bond donors (Lipinski definition) is 0. The Morgan fingerprint density at radius 3 is 2.78 bits per heavy atom. The van der Waals surface area contributed by atoms with Gasteiger partial charge in [-0.3, -0.25) is 0 Å². The highest BCUT2D eigenvalue weighted by Gasteiger charge is 2.31. The maximum atomic E-state index is 11.7. The summed E-state index contributed by atoms with van der Waals surface area (Å²) in [5, 5.41) is 0. The van der Waals surface area contributed by atoms with Gasteiger partial charge in [0.25, 0.3) is 0 Å². The van der Waals surface area contributed by atoms with Crippen LogP contribution in [0.2, 0.25) is 0 Å². The molecule has 2 heterocycles. The van der Waals surface area contributed by atoms with Crippen LogP contribution in [0.15, 0.2) is 39.7 Å². The van der Waals surface area contributed by atoms with Crippen LogP contribution in [0.25, 0.3) is 6.08 Å². The van der Waals surface area contributed by atoms with Crippen molar-refractivity contribution < 1.29 is 9.53 Å². The van der Waals surface area contributed by atoms with Crippen LogP contribution in [-0.2, 0) is 9.53 Å². The minimum absolute atomic E-state index is 0.175. The molecule has 3 nitrogen and oxygen atoms in total. The van der Waals surface area contributed by atoms with E-state index < -0.39 is 0 Å². The van der Waals surface area contributed by atoms with Gasteiger partial charge < -0.3 is 4.74 Å². The second kappa shape index (κ2) is 4.69. The van der Waals surface area contributed by atoms with Gasteiger partial charge in [0.15, 0.2) is 0 Å². The number of carbonyl (C=O) groups is 1. The van der Waals surface area contributed by atoms with Crippen LogP contribution in [0.4, 0.5) is 0 Å². The molecule has 1 aromatic heterocycles. The lowest BCUT2D eigenvalue weighted by atomic mass is 9.92. The van der Waals surface area contributed by atoms with Gasteiger partial charge in [-0.2, -0.15) is 0 Å². The monoisotopic (exact) mass is 305 g/mol. The SMILES string of the molecule is O=C1OC(=Cc2cccc(Br)n2)C2=C1CCCC2. The van der Waals surface area contributed by atoms with Crippen molar-refractivity contribution >= 4 is 28.0 Å². The lowest BCUT2D eigenvalue weighted by molar-refractivity contribution is -0.133. The first-order chi connectivity index (χ1) is 8.74. The normalized spacial score (nSPS) is 21.2. The van der Waals surface area contributed by atoms with Crippen LogP contribution in [0.5, 0.6) is 0 Å². The topological polar surface area (TPSA) is 39.2 Å². The number of ether oxygens (including phenoxy) is 1. The number of cyclic esters (lactones) is 1. The summed E-state index contributed by atoms with van der Waals surface area (Å²) in [6.07, 6.45) is 5.82. The molecule has 3 rings (SSSR count). The van der Waals surface area contributed by atoms with E-state index in [1.165, 1.54) is 0 Å². The summed E-state index contributed by atoms with van der Waals surface area (Å²) in [5.74, 6) is 0.506. The largest absolute Gasteiger partial charge is 0.423 e. The zero-order valence-electron chi connectivity index (χ0n) is 9.78. The maximum absolute atomic E-state index is 11.7. The van der Waals surface area contributed by atoms with Gasteiger partial charge in [0, 0.05) is 17.2 Å². The second-order valence-corrected chi connectivity index (χ2v) is 5.26. The highest BCUT2D eigenvalue weighted by molar-refractivity contribution is 9.10. The first-order valence-electron chi connectivity index (χ1n) is 6.03. The van der Waals surface area contributed by atoms with Crippen LogP contribution >= 0.6 is 15.9 Å². The average molecular weight is 306 g/mol. The average Bonchev–Trinajstić information content (AvgIpc) is 2.67. The van der Waals surface area contributed by atoms with Crippen LogP contribution in [-0.4, -0.2) is 11.0 Å². The van der Waals surface area contributed by atoms with Crippen molar-refractivity contribution in [3.63, 3.8) is 0 Å². The molecule has 0 amide bonds. The predicted octanol–water partition coefficient (Wildman–Crippen LogP) is 3.61. The molecule has 92 valence electrons. The third kappa shape index (κ3) is 2.12. The summed E-state index contributed by atoms with van der Waals surface area (Å²) < 4.78 is 6.12. The molecule has 1 aromatic rings. The molecular weight excluding hydrogens is 294 g/mol. The van der Waals surface area contributed by atoms with Gasteiger partial charge >= 0.3 is 5.97 Å². The van der Waals surface area contributed by atoms with Crippen LogP contribution in [0, 0.1) is 0 Å². The molecule has 0 spiro atoms. The van der Waals surface area contributed by atoms with Crippen molar-refractivity contribution in [3.8, 4) is 0 Å².